The zero-order chi connectivity index (χ0) is 17.3. The molecule has 24 heavy (non-hydrogen) atoms. The van der Waals surface area contributed by atoms with E-state index >= 15 is 0 Å². The van der Waals surface area contributed by atoms with Gasteiger partial charge in [0.25, 0.3) is 0 Å². The quantitative estimate of drug-likeness (QED) is 0.805. The Morgan fingerprint density at radius 3 is 2.54 bits per heavy atom. The average molecular weight is 375 g/mol. The van der Waals surface area contributed by atoms with Crippen LogP contribution < -0.4 is 0 Å². The highest BCUT2D eigenvalue weighted by molar-refractivity contribution is 7.91. The van der Waals surface area contributed by atoms with Crippen molar-refractivity contribution in [1.29, 1.82) is 0 Å². The predicted molar refractivity (Wildman–Crippen MR) is 90.0 cm³/mol. The molecule has 2 aliphatic heterocycles. The molecule has 1 atom stereocenters. The summed E-state index contributed by atoms with van der Waals surface area (Å²) >= 11 is 6.05. The molecule has 132 valence electrons. The monoisotopic (exact) mass is 374 g/mol. The predicted octanol–water partition coefficient (Wildman–Crippen LogP) is 1.56. The molecule has 2 heterocycles. The van der Waals surface area contributed by atoms with E-state index in [1.165, 1.54) is 12.1 Å². The van der Waals surface area contributed by atoms with Crippen molar-refractivity contribution in [2.45, 2.75) is 13.0 Å². The van der Waals surface area contributed by atoms with Gasteiger partial charge in [-0.1, -0.05) is 17.7 Å². The smallest absolute Gasteiger partial charge is 0.226 e. The molecule has 0 aliphatic carbocycles. The minimum absolute atomic E-state index is 0.0166. The van der Waals surface area contributed by atoms with Gasteiger partial charge in [0.1, 0.15) is 5.82 Å². The number of carbonyl (C=O) groups excluding carboxylic acids is 1. The lowest BCUT2D eigenvalue weighted by molar-refractivity contribution is -0.136. The van der Waals surface area contributed by atoms with Crippen molar-refractivity contribution in [2.75, 3.05) is 37.7 Å². The molecule has 1 aromatic rings. The second-order valence-corrected chi connectivity index (χ2v) is 9.07. The Labute approximate surface area is 146 Å². The average Bonchev–Trinajstić information content (AvgIpc) is 2.90. The van der Waals surface area contributed by atoms with E-state index in [4.69, 9.17) is 11.6 Å². The number of benzene rings is 1. The van der Waals surface area contributed by atoms with Crippen LogP contribution in [-0.2, 0) is 21.2 Å². The van der Waals surface area contributed by atoms with Crippen LogP contribution in [0.4, 0.5) is 4.39 Å². The molecule has 1 amide bonds. The molecular formula is C16H20ClFN2O3S. The van der Waals surface area contributed by atoms with E-state index < -0.39 is 9.84 Å². The minimum atomic E-state index is -3.04. The Morgan fingerprint density at radius 2 is 1.96 bits per heavy atom. The van der Waals surface area contributed by atoms with Crippen molar-refractivity contribution >= 4 is 27.3 Å². The van der Waals surface area contributed by atoms with Crippen LogP contribution in [0.3, 0.4) is 0 Å². The lowest BCUT2D eigenvalue weighted by atomic mass is 10.1. The van der Waals surface area contributed by atoms with Crippen LogP contribution in [0.1, 0.15) is 12.0 Å². The fraction of sp³-hybridized carbons (Fsp3) is 0.562. The zero-order valence-corrected chi connectivity index (χ0v) is 14.8. The SMILES string of the molecule is O=C([C@@H]1CCS(=O)(=O)C1)N1CCN(Cc2ccc(F)cc2Cl)CC1. The molecule has 3 rings (SSSR count). The van der Waals surface area contributed by atoms with Gasteiger partial charge in [0.05, 0.1) is 17.4 Å². The van der Waals surface area contributed by atoms with E-state index in [9.17, 15) is 17.6 Å². The molecule has 0 aromatic heterocycles. The molecule has 0 unspecified atom stereocenters. The van der Waals surface area contributed by atoms with Gasteiger partial charge in [-0.25, -0.2) is 12.8 Å². The molecule has 2 aliphatic rings. The Kier molecular flexibility index (Phi) is 5.13. The summed E-state index contributed by atoms with van der Waals surface area (Å²) in [5.41, 5.74) is 0.861. The molecule has 0 saturated carbocycles. The summed E-state index contributed by atoms with van der Waals surface area (Å²) in [5, 5.41) is 0.407. The van der Waals surface area contributed by atoms with Gasteiger partial charge < -0.3 is 4.90 Å². The molecule has 0 bridgehead atoms. The maximum absolute atomic E-state index is 13.1. The largest absolute Gasteiger partial charge is 0.340 e. The molecule has 0 spiro atoms. The first-order chi connectivity index (χ1) is 11.3. The van der Waals surface area contributed by atoms with Crippen LogP contribution >= 0.6 is 11.6 Å². The molecule has 8 heteroatoms. The van der Waals surface area contributed by atoms with Crippen molar-refractivity contribution in [3.05, 3.63) is 34.6 Å². The van der Waals surface area contributed by atoms with E-state index in [0.717, 1.165) is 5.56 Å². The van der Waals surface area contributed by atoms with Gasteiger partial charge >= 0.3 is 0 Å². The fourth-order valence-corrected chi connectivity index (χ4v) is 5.22. The van der Waals surface area contributed by atoms with Crippen molar-refractivity contribution in [1.82, 2.24) is 9.80 Å². The third-order valence-corrected chi connectivity index (χ3v) is 6.79. The zero-order valence-electron chi connectivity index (χ0n) is 13.2. The summed E-state index contributed by atoms with van der Waals surface area (Å²) in [6.45, 7) is 3.15. The second-order valence-electron chi connectivity index (χ2n) is 6.44. The maximum atomic E-state index is 13.1. The van der Waals surface area contributed by atoms with Crippen LogP contribution in [0.5, 0.6) is 0 Å². The van der Waals surface area contributed by atoms with E-state index in [1.54, 1.807) is 11.0 Å². The van der Waals surface area contributed by atoms with Gasteiger partial charge in [-0.3, -0.25) is 9.69 Å². The number of hydrogen-bond acceptors (Lipinski definition) is 4. The number of carbonyl (C=O) groups is 1. The van der Waals surface area contributed by atoms with Crippen LogP contribution in [0, 0.1) is 11.7 Å². The maximum Gasteiger partial charge on any atom is 0.226 e. The van der Waals surface area contributed by atoms with E-state index in [-0.39, 0.29) is 29.1 Å². The van der Waals surface area contributed by atoms with E-state index in [1.807, 2.05) is 0 Å². The van der Waals surface area contributed by atoms with Gasteiger partial charge in [-0.15, -0.1) is 0 Å². The standard InChI is InChI=1S/C16H20ClFN2O3S/c17-15-9-14(18)2-1-12(15)10-19-4-6-20(7-5-19)16(21)13-3-8-24(22,23)11-13/h1-2,9,13H,3-8,10-11H2/t13-/m1/s1. The number of amides is 1. The first kappa shape index (κ1) is 17.6. The van der Waals surface area contributed by atoms with Crippen LogP contribution in [0.2, 0.25) is 5.02 Å². The van der Waals surface area contributed by atoms with Gasteiger partial charge in [0.2, 0.25) is 5.91 Å². The molecule has 0 radical (unpaired) electrons. The normalized spacial score (nSPS) is 24.2. The minimum Gasteiger partial charge on any atom is -0.340 e. The molecule has 1 aromatic carbocycles. The van der Waals surface area contributed by atoms with Crippen LogP contribution in [0.25, 0.3) is 0 Å². The molecule has 0 N–H and O–H groups in total. The van der Waals surface area contributed by atoms with Crippen molar-refractivity contribution in [3.8, 4) is 0 Å². The highest BCUT2D eigenvalue weighted by atomic mass is 35.5. The number of halogens is 2. The van der Waals surface area contributed by atoms with Crippen molar-refractivity contribution < 1.29 is 17.6 Å². The fourth-order valence-electron chi connectivity index (χ4n) is 3.27. The molecule has 2 saturated heterocycles. The van der Waals surface area contributed by atoms with E-state index in [2.05, 4.69) is 4.90 Å². The summed E-state index contributed by atoms with van der Waals surface area (Å²) in [6.07, 6.45) is 0.437. The van der Waals surface area contributed by atoms with E-state index in [0.29, 0.717) is 44.2 Å². The number of rotatable bonds is 3. The summed E-state index contributed by atoms with van der Waals surface area (Å²) in [4.78, 5) is 16.3. The van der Waals surface area contributed by atoms with Gasteiger partial charge in [-0.2, -0.15) is 0 Å². The Morgan fingerprint density at radius 1 is 1.25 bits per heavy atom. The van der Waals surface area contributed by atoms with Gasteiger partial charge in [0, 0.05) is 37.7 Å². The van der Waals surface area contributed by atoms with Gasteiger partial charge in [0.15, 0.2) is 9.84 Å². The topological polar surface area (TPSA) is 57.7 Å². The number of hydrogen-bond donors (Lipinski definition) is 0. The third-order valence-electron chi connectivity index (χ3n) is 4.67. The summed E-state index contributed by atoms with van der Waals surface area (Å²) in [7, 11) is -3.04. The summed E-state index contributed by atoms with van der Waals surface area (Å²) < 4.78 is 36.1. The Bertz CT molecular complexity index is 733. The van der Waals surface area contributed by atoms with Gasteiger partial charge in [-0.05, 0) is 24.1 Å². The van der Waals surface area contributed by atoms with Crippen molar-refractivity contribution in [3.63, 3.8) is 0 Å². The summed E-state index contributed by atoms with van der Waals surface area (Å²) in [6, 6.07) is 4.37. The first-order valence-electron chi connectivity index (χ1n) is 7.99. The van der Waals surface area contributed by atoms with Crippen LogP contribution in [0.15, 0.2) is 18.2 Å². The Balaban J connectivity index is 1.53. The number of sulfone groups is 1. The second kappa shape index (κ2) is 6.98. The number of nitrogens with zero attached hydrogens (tertiary/aromatic N) is 2. The third kappa shape index (κ3) is 4.07. The Hall–Kier alpha value is -1.18. The first-order valence-corrected chi connectivity index (χ1v) is 10.2. The molecular weight excluding hydrogens is 355 g/mol. The van der Waals surface area contributed by atoms with Crippen molar-refractivity contribution in [2.24, 2.45) is 5.92 Å². The van der Waals surface area contributed by atoms with Crippen LogP contribution in [-0.4, -0.2) is 61.8 Å². The molecule has 2 fully saturated rings. The molecule has 5 nitrogen and oxygen atoms in total. The highest BCUT2D eigenvalue weighted by Gasteiger charge is 2.36. The number of piperazine rings is 1. The summed E-state index contributed by atoms with van der Waals surface area (Å²) in [5.74, 6) is -0.682. The highest BCUT2D eigenvalue weighted by Crippen LogP contribution is 2.23. The lowest BCUT2D eigenvalue weighted by Gasteiger charge is -2.36. The lowest BCUT2D eigenvalue weighted by Crippen LogP contribution is -2.50.